The Balaban J connectivity index is 2.31. The first-order valence-electron chi connectivity index (χ1n) is 5.38. The highest BCUT2D eigenvalue weighted by Crippen LogP contribution is 2.16. The number of methoxy groups -OCH3 is 1. The van der Waals surface area contributed by atoms with Gasteiger partial charge < -0.3 is 15.2 Å². The van der Waals surface area contributed by atoms with E-state index in [0.717, 1.165) is 39.2 Å². The van der Waals surface area contributed by atoms with Gasteiger partial charge in [0.1, 0.15) is 0 Å². The molecule has 4 heteroatoms. The van der Waals surface area contributed by atoms with Crippen LogP contribution in [0.3, 0.4) is 0 Å². The Labute approximate surface area is 86.3 Å². The topological polar surface area (TPSA) is 47.7 Å². The Morgan fingerprint density at radius 3 is 2.64 bits per heavy atom. The summed E-state index contributed by atoms with van der Waals surface area (Å²) in [7, 11) is 1.75. The predicted molar refractivity (Wildman–Crippen MR) is 56.3 cm³/mol. The van der Waals surface area contributed by atoms with Crippen molar-refractivity contribution in [2.24, 2.45) is 5.73 Å². The zero-order valence-electron chi connectivity index (χ0n) is 9.24. The molecule has 1 rings (SSSR count). The molecule has 0 spiro atoms. The van der Waals surface area contributed by atoms with Gasteiger partial charge in [0.05, 0.1) is 12.2 Å². The fourth-order valence-corrected chi connectivity index (χ4v) is 1.92. The molecule has 1 fully saturated rings. The lowest BCUT2D eigenvalue weighted by Gasteiger charge is -2.16. The van der Waals surface area contributed by atoms with Gasteiger partial charge in [0.2, 0.25) is 0 Å². The van der Waals surface area contributed by atoms with Gasteiger partial charge in [-0.3, -0.25) is 4.90 Å². The maximum Gasteiger partial charge on any atom is 0.0975 e. The van der Waals surface area contributed by atoms with E-state index < -0.39 is 0 Å². The number of nitrogens with zero attached hydrogens (tertiary/aromatic N) is 1. The standard InChI is InChI=1S/C10H22N2O2/c1-3-14-10-8-12(6-4-5-11)7-9(10)13-2/h9-10H,3-8,11H2,1-2H3/t9-,10-/m1/s1. The van der Waals surface area contributed by atoms with Crippen LogP contribution < -0.4 is 5.73 Å². The molecule has 0 unspecified atom stereocenters. The number of nitrogens with two attached hydrogens (primary N) is 1. The van der Waals surface area contributed by atoms with Crippen LogP contribution in [-0.4, -0.2) is 57.0 Å². The number of hydrogen-bond acceptors (Lipinski definition) is 4. The van der Waals surface area contributed by atoms with E-state index in [0.29, 0.717) is 0 Å². The van der Waals surface area contributed by atoms with E-state index in [1.54, 1.807) is 7.11 Å². The van der Waals surface area contributed by atoms with Gasteiger partial charge in [-0.25, -0.2) is 0 Å². The molecule has 1 aliphatic heterocycles. The third-order valence-electron chi connectivity index (χ3n) is 2.65. The van der Waals surface area contributed by atoms with Crippen molar-refractivity contribution in [1.29, 1.82) is 0 Å². The normalized spacial score (nSPS) is 28.5. The molecule has 0 aliphatic carbocycles. The molecule has 14 heavy (non-hydrogen) atoms. The summed E-state index contributed by atoms with van der Waals surface area (Å²) in [5, 5.41) is 0. The molecule has 1 aliphatic rings. The minimum absolute atomic E-state index is 0.229. The monoisotopic (exact) mass is 202 g/mol. The van der Waals surface area contributed by atoms with E-state index in [4.69, 9.17) is 15.2 Å². The third-order valence-corrected chi connectivity index (χ3v) is 2.65. The summed E-state index contributed by atoms with van der Waals surface area (Å²) in [4.78, 5) is 2.36. The first kappa shape index (κ1) is 11.9. The molecule has 0 saturated carbocycles. The Kier molecular flexibility index (Phi) is 5.40. The van der Waals surface area contributed by atoms with Crippen LogP contribution in [-0.2, 0) is 9.47 Å². The number of likely N-dealkylation sites (tertiary alicyclic amines) is 1. The van der Waals surface area contributed by atoms with E-state index in [1.165, 1.54) is 0 Å². The molecule has 0 aromatic heterocycles. The predicted octanol–water partition coefficient (Wildman–Crippen LogP) is 0.0709. The maximum absolute atomic E-state index is 5.62. The first-order chi connectivity index (χ1) is 6.81. The van der Waals surface area contributed by atoms with Gasteiger partial charge in [-0.05, 0) is 26.4 Å². The summed E-state index contributed by atoms with van der Waals surface area (Å²) in [5.74, 6) is 0. The summed E-state index contributed by atoms with van der Waals surface area (Å²) in [6.45, 7) is 6.55. The van der Waals surface area contributed by atoms with Gasteiger partial charge in [0.15, 0.2) is 0 Å². The minimum atomic E-state index is 0.229. The van der Waals surface area contributed by atoms with E-state index in [1.807, 2.05) is 6.92 Å². The van der Waals surface area contributed by atoms with Crippen LogP contribution in [0.15, 0.2) is 0 Å². The second-order valence-electron chi connectivity index (χ2n) is 3.67. The fourth-order valence-electron chi connectivity index (χ4n) is 1.92. The molecule has 84 valence electrons. The maximum atomic E-state index is 5.62. The van der Waals surface area contributed by atoms with E-state index >= 15 is 0 Å². The second-order valence-corrected chi connectivity index (χ2v) is 3.67. The van der Waals surface area contributed by atoms with Crippen LogP contribution in [0.25, 0.3) is 0 Å². The molecule has 2 atom stereocenters. The minimum Gasteiger partial charge on any atom is -0.377 e. The summed E-state index contributed by atoms with van der Waals surface area (Å²) < 4.78 is 11.0. The average molecular weight is 202 g/mol. The number of ether oxygens (including phenoxy) is 2. The Morgan fingerprint density at radius 2 is 2.07 bits per heavy atom. The van der Waals surface area contributed by atoms with Crippen molar-refractivity contribution < 1.29 is 9.47 Å². The summed E-state index contributed by atoms with van der Waals surface area (Å²) in [6.07, 6.45) is 1.52. The number of rotatable bonds is 6. The van der Waals surface area contributed by atoms with Gasteiger partial charge in [-0.15, -0.1) is 0 Å². The molecule has 0 aromatic rings. The molecule has 0 amide bonds. The Bertz CT molecular complexity index is 155. The lowest BCUT2D eigenvalue weighted by atomic mass is 10.2. The van der Waals surface area contributed by atoms with Crippen LogP contribution in [0.1, 0.15) is 13.3 Å². The molecular formula is C10H22N2O2. The van der Waals surface area contributed by atoms with Crippen molar-refractivity contribution >= 4 is 0 Å². The van der Waals surface area contributed by atoms with Crippen molar-refractivity contribution in [1.82, 2.24) is 4.90 Å². The fraction of sp³-hybridized carbons (Fsp3) is 1.00. The lowest BCUT2D eigenvalue weighted by Crippen LogP contribution is -2.28. The third kappa shape index (κ3) is 3.20. The van der Waals surface area contributed by atoms with Crippen LogP contribution in [0, 0.1) is 0 Å². The highest BCUT2D eigenvalue weighted by Gasteiger charge is 2.32. The van der Waals surface area contributed by atoms with Crippen molar-refractivity contribution in [2.45, 2.75) is 25.6 Å². The average Bonchev–Trinajstić information content (AvgIpc) is 2.58. The smallest absolute Gasteiger partial charge is 0.0975 e. The SMILES string of the molecule is CCO[C@@H]1CN(CCCN)C[C@H]1OC. The number of hydrogen-bond donors (Lipinski definition) is 1. The van der Waals surface area contributed by atoms with Crippen LogP contribution in [0.2, 0.25) is 0 Å². The van der Waals surface area contributed by atoms with Crippen molar-refractivity contribution in [3.8, 4) is 0 Å². The van der Waals surface area contributed by atoms with Crippen molar-refractivity contribution in [3.05, 3.63) is 0 Å². The summed E-state index contributed by atoms with van der Waals surface area (Å²) in [5.41, 5.74) is 5.48. The van der Waals surface area contributed by atoms with E-state index in [9.17, 15) is 0 Å². The second kappa shape index (κ2) is 6.35. The van der Waals surface area contributed by atoms with Crippen LogP contribution in [0.4, 0.5) is 0 Å². The molecule has 4 nitrogen and oxygen atoms in total. The molecule has 1 heterocycles. The lowest BCUT2D eigenvalue weighted by molar-refractivity contribution is -0.0233. The summed E-state index contributed by atoms with van der Waals surface area (Å²) in [6, 6.07) is 0. The molecule has 2 N–H and O–H groups in total. The van der Waals surface area contributed by atoms with Gasteiger partial charge >= 0.3 is 0 Å². The van der Waals surface area contributed by atoms with Gasteiger partial charge in [0, 0.05) is 26.8 Å². The first-order valence-corrected chi connectivity index (χ1v) is 5.38. The van der Waals surface area contributed by atoms with Crippen molar-refractivity contribution in [3.63, 3.8) is 0 Å². The highest BCUT2D eigenvalue weighted by atomic mass is 16.5. The van der Waals surface area contributed by atoms with Gasteiger partial charge in [-0.2, -0.15) is 0 Å². The molecule has 0 aromatic carbocycles. The molecular weight excluding hydrogens is 180 g/mol. The van der Waals surface area contributed by atoms with Crippen LogP contribution in [0.5, 0.6) is 0 Å². The molecule has 0 radical (unpaired) electrons. The quantitative estimate of drug-likeness (QED) is 0.662. The van der Waals surface area contributed by atoms with E-state index in [-0.39, 0.29) is 12.2 Å². The van der Waals surface area contributed by atoms with Gasteiger partial charge in [0.25, 0.3) is 0 Å². The zero-order chi connectivity index (χ0) is 10.4. The largest absolute Gasteiger partial charge is 0.377 e. The summed E-state index contributed by atoms with van der Waals surface area (Å²) >= 11 is 0. The Hall–Kier alpha value is -0.160. The highest BCUT2D eigenvalue weighted by molar-refractivity contribution is 4.85. The van der Waals surface area contributed by atoms with E-state index in [2.05, 4.69) is 4.90 Å². The van der Waals surface area contributed by atoms with Crippen LogP contribution >= 0.6 is 0 Å². The van der Waals surface area contributed by atoms with Gasteiger partial charge in [-0.1, -0.05) is 0 Å². The zero-order valence-corrected chi connectivity index (χ0v) is 9.24. The Morgan fingerprint density at radius 1 is 1.36 bits per heavy atom. The molecule has 0 bridgehead atoms. The van der Waals surface area contributed by atoms with Crippen molar-refractivity contribution in [2.75, 3.05) is 39.9 Å². The molecule has 1 saturated heterocycles.